The Morgan fingerprint density at radius 1 is 1.33 bits per heavy atom. The first-order valence-corrected chi connectivity index (χ1v) is 6.28. The van der Waals surface area contributed by atoms with Crippen molar-refractivity contribution in [3.63, 3.8) is 0 Å². The predicted molar refractivity (Wildman–Crippen MR) is 70.0 cm³/mol. The molecular weight excluding hydrogens is 229 g/mol. The summed E-state index contributed by atoms with van der Waals surface area (Å²) >= 11 is 0. The van der Waals surface area contributed by atoms with Gasteiger partial charge in [-0.25, -0.2) is 9.07 Å². The molecule has 0 saturated carbocycles. The summed E-state index contributed by atoms with van der Waals surface area (Å²) in [4.78, 5) is 0. The number of benzene rings is 1. The average molecular weight is 247 g/mol. The Bertz CT molecular complexity index is 520. The van der Waals surface area contributed by atoms with Crippen molar-refractivity contribution in [2.75, 3.05) is 0 Å². The van der Waals surface area contributed by atoms with E-state index in [1.54, 1.807) is 10.7 Å². The monoisotopic (exact) mass is 247 g/mol. The molecule has 0 aliphatic heterocycles. The summed E-state index contributed by atoms with van der Waals surface area (Å²) in [5, 5.41) is 4.46. The number of halogens is 1. The van der Waals surface area contributed by atoms with Crippen LogP contribution in [0.25, 0.3) is 5.69 Å². The predicted octanol–water partition coefficient (Wildman–Crippen LogP) is 2.81. The Morgan fingerprint density at radius 2 is 2.17 bits per heavy atom. The van der Waals surface area contributed by atoms with Crippen LogP contribution in [-0.2, 0) is 13.0 Å². The van der Waals surface area contributed by atoms with E-state index in [1.165, 1.54) is 12.1 Å². The number of unbranched alkanes of at least 4 members (excludes halogenated alkanes) is 1. The van der Waals surface area contributed by atoms with Crippen LogP contribution in [0.15, 0.2) is 30.5 Å². The van der Waals surface area contributed by atoms with Gasteiger partial charge in [-0.1, -0.05) is 19.4 Å². The third-order valence-corrected chi connectivity index (χ3v) is 2.94. The number of aryl methyl sites for hydroxylation is 1. The van der Waals surface area contributed by atoms with Crippen LogP contribution in [-0.4, -0.2) is 9.78 Å². The minimum Gasteiger partial charge on any atom is -0.326 e. The second kappa shape index (κ2) is 5.78. The Hall–Kier alpha value is -1.68. The van der Waals surface area contributed by atoms with Gasteiger partial charge in [0.25, 0.3) is 0 Å². The van der Waals surface area contributed by atoms with Crippen LogP contribution in [0.4, 0.5) is 4.39 Å². The van der Waals surface area contributed by atoms with Gasteiger partial charge in [-0.3, -0.25) is 0 Å². The molecule has 0 fully saturated rings. The summed E-state index contributed by atoms with van der Waals surface area (Å²) in [5.41, 5.74) is 8.31. The molecule has 0 bridgehead atoms. The van der Waals surface area contributed by atoms with Crippen molar-refractivity contribution in [1.29, 1.82) is 0 Å². The quantitative estimate of drug-likeness (QED) is 0.883. The van der Waals surface area contributed by atoms with Crippen molar-refractivity contribution < 1.29 is 4.39 Å². The highest BCUT2D eigenvalue weighted by Gasteiger charge is 2.07. The molecule has 96 valence electrons. The third-order valence-electron chi connectivity index (χ3n) is 2.94. The summed E-state index contributed by atoms with van der Waals surface area (Å²) in [6.45, 7) is 2.52. The van der Waals surface area contributed by atoms with Crippen molar-refractivity contribution in [3.8, 4) is 5.69 Å². The Balaban J connectivity index is 2.30. The molecular formula is C14H18FN3. The van der Waals surface area contributed by atoms with Crippen LogP contribution in [0.1, 0.15) is 31.0 Å². The number of rotatable bonds is 5. The fraction of sp³-hybridized carbons (Fsp3) is 0.357. The molecule has 1 aromatic heterocycles. The molecule has 1 heterocycles. The second-order valence-electron chi connectivity index (χ2n) is 4.33. The fourth-order valence-corrected chi connectivity index (χ4v) is 1.91. The summed E-state index contributed by atoms with van der Waals surface area (Å²) in [6, 6.07) is 6.57. The molecule has 0 atom stereocenters. The molecule has 0 unspecified atom stereocenters. The van der Waals surface area contributed by atoms with Crippen LogP contribution >= 0.6 is 0 Å². The second-order valence-corrected chi connectivity index (χ2v) is 4.33. The van der Waals surface area contributed by atoms with Crippen LogP contribution in [0.3, 0.4) is 0 Å². The zero-order valence-electron chi connectivity index (χ0n) is 10.6. The van der Waals surface area contributed by atoms with Gasteiger partial charge in [0, 0.05) is 12.7 Å². The lowest BCUT2D eigenvalue weighted by atomic mass is 10.2. The van der Waals surface area contributed by atoms with Crippen LogP contribution in [0.2, 0.25) is 0 Å². The van der Waals surface area contributed by atoms with E-state index < -0.39 is 0 Å². The molecule has 2 N–H and O–H groups in total. The van der Waals surface area contributed by atoms with Gasteiger partial charge < -0.3 is 5.73 Å². The summed E-state index contributed by atoms with van der Waals surface area (Å²) in [5.74, 6) is -0.271. The number of hydrogen-bond acceptors (Lipinski definition) is 2. The maximum absolute atomic E-state index is 13.3. The zero-order chi connectivity index (χ0) is 13.0. The summed E-state index contributed by atoms with van der Waals surface area (Å²) in [7, 11) is 0. The van der Waals surface area contributed by atoms with Gasteiger partial charge in [-0.15, -0.1) is 0 Å². The highest BCUT2D eigenvalue weighted by Crippen LogP contribution is 2.16. The summed E-state index contributed by atoms with van der Waals surface area (Å²) < 4.78 is 15.0. The largest absolute Gasteiger partial charge is 0.326 e. The van der Waals surface area contributed by atoms with E-state index in [-0.39, 0.29) is 5.82 Å². The van der Waals surface area contributed by atoms with Gasteiger partial charge in [0.2, 0.25) is 0 Å². The van der Waals surface area contributed by atoms with Crippen molar-refractivity contribution in [2.45, 2.75) is 32.7 Å². The van der Waals surface area contributed by atoms with Crippen molar-refractivity contribution in [2.24, 2.45) is 5.73 Å². The van der Waals surface area contributed by atoms with Crippen molar-refractivity contribution >= 4 is 0 Å². The van der Waals surface area contributed by atoms with E-state index in [2.05, 4.69) is 12.0 Å². The van der Waals surface area contributed by atoms with Gasteiger partial charge in [0.05, 0.1) is 11.4 Å². The Labute approximate surface area is 106 Å². The molecule has 0 aliphatic carbocycles. The van der Waals surface area contributed by atoms with Crippen molar-refractivity contribution in [3.05, 3.63) is 47.5 Å². The van der Waals surface area contributed by atoms with E-state index in [9.17, 15) is 4.39 Å². The normalized spacial score (nSPS) is 10.8. The first-order chi connectivity index (χ1) is 8.74. The third kappa shape index (κ3) is 2.76. The number of nitrogens with two attached hydrogens (primary N) is 1. The minimum atomic E-state index is -0.271. The summed E-state index contributed by atoms with van der Waals surface area (Å²) in [6.07, 6.45) is 5.07. The van der Waals surface area contributed by atoms with Gasteiger partial charge in [-0.05, 0) is 36.6 Å². The number of aromatic nitrogens is 2. The van der Waals surface area contributed by atoms with Crippen molar-refractivity contribution in [1.82, 2.24) is 9.78 Å². The molecule has 0 spiro atoms. The van der Waals surface area contributed by atoms with Gasteiger partial charge >= 0.3 is 0 Å². The van der Waals surface area contributed by atoms with Gasteiger partial charge in [0.1, 0.15) is 5.82 Å². The maximum atomic E-state index is 13.3. The lowest BCUT2D eigenvalue weighted by molar-refractivity contribution is 0.623. The maximum Gasteiger partial charge on any atom is 0.125 e. The fourth-order valence-electron chi connectivity index (χ4n) is 1.91. The standard InChI is InChI=1S/C14H18FN3/c1-2-3-4-13-7-8-18(17-13)14-9-12(15)6-5-11(14)10-16/h5-9H,2-4,10,16H2,1H3. The highest BCUT2D eigenvalue weighted by atomic mass is 19.1. The van der Waals surface area contributed by atoms with Gasteiger partial charge in [0.15, 0.2) is 0 Å². The molecule has 0 aliphatic rings. The molecule has 18 heavy (non-hydrogen) atoms. The SMILES string of the molecule is CCCCc1ccn(-c2cc(F)ccc2CN)n1. The van der Waals surface area contributed by atoms with Crippen LogP contribution in [0, 0.1) is 5.82 Å². The molecule has 0 amide bonds. The van der Waals surface area contributed by atoms with E-state index in [0.29, 0.717) is 6.54 Å². The van der Waals surface area contributed by atoms with Gasteiger partial charge in [-0.2, -0.15) is 5.10 Å². The Kier molecular flexibility index (Phi) is 4.10. The van der Waals surface area contributed by atoms with Crippen LogP contribution in [0.5, 0.6) is 0 Å². The van der Waals surface area contributed by atoms with E-state index in [4.69, 9.17) is 5.73 Å². The van der Waals surface area contributed by atoms with E-state index in [1.807, 2.05) is 12.3 Å². The minimum absolute atomic E-state index is 0.271. The van der Waals surface area contributed by atoms with Crippen LogP contribution < -0.4 is 5.73 Å². The molecule has 2 aromatic rings. The Morgan fingerprint density at radius 3 is 2.89 bits per heavy atom. The molecule has 0 saturated heterocycles. The lowest BCUT2D eigenvalue weighted by Crippen LogP contribution is -2.06. The van der Waals surface area contributed by atoms with E-state index in [0.717, 1.165) is 36.2 Å². The first kappa shape index (κ1) is 12.8. The lowest BCUT2D eigenvalue weighted by Gasteiger charge is -2.07. The topological polar surface area (TPSA) is 43.8 Å². The number of hydrogen-bond donors (Lipinski definition) is 1. The molecule has 0 radical (unpaired) electrons. The molecule has 3 nitrogen and oxygen atoms in total. The van der Waals surface area contributed by atoms with E-state index >= 15 is 0 Å². The molecule has 4 heteroatoms. The molecule has 2 rings (SSSR count). The smallest absolute Gasteiger partial charge is 0.125 e. The first-order valence-electron chi connectivity index (χ1n) is 6.28. The zero-order valence-corrected chi connectivity index (χ0v) is 10.6. The number of nitrogens with zero attached hydrogens (tertiary/aromatic N) is 2. The molecule has 1 aromatic carbocycles. The highest BCUT2D eigenvalue weighted by molar-refractivity contribution is 5.40. The average Bonchev–Trinajstić information content (AvgIpc) is 2.85.